The highest BCUT2D eigenvalue weighted by Crippen LogP contribution is 2.22. The number of nitrogens with zero attached hydrogens (tertiary/aromatic N) is 6. The first-order chi connectivity index (χ1) is 12.0. The third-order valence-electron chi connectivity index (χ3n) is 4.32. The molecule has 3 rings (SSSR count). The molecule has 26 heavy (non-hydrogen) atoms. The van der Waals surface area contributed by atoms with E-state index in [1.165, 1.54) is 9.58 Å². The van der Waals surface area contributed by atoms with Gasteiger partial charge in [0.25, 0.3) is 0 Å². The molecule has 0 atom stereocenters. The zero-order valence-electron chi connectivity index (χ0n) is 15.1. The van der Waals surface area contributed by atoms with Crippen LogP contribution in [0.15, 0.2) is 9.32 Å². The lowest BCUT2D eigenvalue weighted by atomic mass is 9.97. The Bertz CT molecular complexity index is 805. The molecule has 0 spiro atoms. The minimum absolute atomic E-state index is 0. The monoisotopic (exact) mass is 385 g/mol. The fourth-order valence-corrected chi connectivity index (χ4v) is 2.97. The molecular formula is C15H24ClN7O3. The second-order valence-electron chi connectivity index (χ2n) is 6.28. The average Bonchev–Trinajstić information content (AvgIpc) is 3.20. The number of hydrogen-bond donors (Lipinski definition) is 1. The Balaban J connectivity index is 0.00000243. The van der Waals surface area contributed by atoms with Gasteiger partial charge in [0, 0.05) is 26.6 Å². The quantitative estimate of drug-likeness (QED) is 0.776. The van der Waals surface area contributed by atoms with Gasteiger partial charge >= 0.3 is 17.5 Å². The van der Waals surface area contributed by atoms with Gasteiger partial charge in [0.1, 0.15) is 12.4 Å². The molecule has 2 aromatic rings. The third-order valence-corrected chi connectivity index (χ3v) is 4.32. The van der Waals surface area contributed by atoms with Crippen LogP contribution in [0.2, 0.25) is 0 Å². The van der Waals surface area contributed by atoms with Crippen LogP contribution in [0.5, 0.6) is 0 Å². The van der Waals surface area contributed by atoms with Crippen molar-refractivity contribution in [2.24, 2.45) is 0 Å². The predicted molar refractivity (Wildman–Crippen MR) is 95.7 cm³/mol. The lowest BCUT2D eigenvalue weighted by molar-refractivity contribution is 0.0779. The van der Waals surface area contributed by atoms with Crippen molar-refractivity contribution in [3.63, 3.8) is 0 Å². The number of hydrogen-bond acceptors (Lipinski definition) is 7. The summed E-state index contributed by atoms with van der Waals surface area (Å²) in [7, 11) is 3.20. The number of nitrogens with one attached hydrogen (secondary N) is 1. The number of piperidine rings is 1. The van der Waals surface area contributed by atoms with Crippen molar-refractivity contribution >= 4 is 18.3 Å². The van der Waals surface area contributed by atoms with Crippen LogP contribution >= 0.6 is 12.4 Å². The molecule has 0 bridgehead atoms. The molecule has 1 aliphatic rings. The topological polar surface area (TPSA) is 111 Å². The maximum Gasteiger partial charge on any atom is 0.346 e. The van der Waals surface area contributed by atoms with Crippen molar-refractivity contribution in [3.05, 3.63) is 28.0 Å². The Morgan fingerprint density at radius 2 is 2.04 bits per heavy atom. The summed E-state index contributed by atoms with van der Waals surface area (Å²) in [4.78, 5) is 29.8. The largest absolute Gasteiger partial charge is 0.346 e. The van der Waals surface area contributed by atoms with Crippen molar-refractivity contribution in [3.8, 4) is 0 Å². The van der Waals surface area contributed by atoms with Crippen LogP contribution in [0.25, 0.3) is 0 Å². The minimum atomic E-state index is -0.374. The Kier molecular flexibility index (Phi) is 6.54. The summed E-state index contributed by atoms with van der Waals surface area (Å²) in [5.74, 6) is 0.862. The van der Waals surface area contributed by atoms with Gasteiger partial charge in [0.05, 0.1) is 0 Å². The van der Waals surface area contributed by atoms with E-state index in [0.29, 0.717) is 6.54 Å². The Morgan fingerprint density at radius 3 is 2.65 bits per heavy atom. The van der Waals surface area contributed by atoms with Crippen LogP contribution < -0.4 is 11.0 Å². The van der Waals surface area contributed by atoms with Crippen LogP contribution in [0, 0.1) is 0 Å². The molecule has 0 aromatic carbocycles. The van der Waals surface area contributed by atoms with Crippen LogP contribution in [-0.2, 0) is 13.1 Å². The van der Waals surface area contributed by atoms with Crippen LogP contribution in [0.1, 0.15) is 48.0 Å². The van der Waals surface area contributed by atoms with Gasteiger partial charge < -0.3 is 14.7 Å². The van der Waals surface area contributed by atoms with Gasteiger partial charge in [-0.15, -0.1) is 12.4 Å². The summed E-state index contributed by atoms with van der Waals surface area (Å²) in [5.41, 5.74) is -0.193. The SMILES string of the molecule is CCn1c(C2CCNCC2)nn(Cc2noc(C(=O)N(C)C)n2)c1=O.Cl. The van der Waals surface area contributed by atoms with Gasteiger partial charge in [-0.2, -0.15) is 10.1 Å². The molecule has 1 aliphatic heterocycles. The molecule has 1 amide bonds. The van der Waals surface area contributed by atoms with E-state index in [9.17, 15) is 9.59 Å². The third kappa shape index (κ3) is 3.96. The Morgan fingerprint density at radius 1 is 1.35 bits per heavy atom. The van der Waals surface area contributed by atoms with Crippen LogP contribution in [0.4, 0.5) is 0 Å². The van der Waals surface area contributed by atoms with Crippen LogP contribution in [-0.4, -0.2) is 62.5 Å². The molecule has 2 aromatic heterocycles. The summed E-state index contributed by atoms with van der Waals surface area (Å²) < 4.78 is 8.01. The maximum absolute atomic E-state index is 12.6. The van der Waals surface area contributed by atoms with Gasteiger partial charge in [-0.3, -0.25) is 9.36 Å². The van der Waals surface area contributed by atoms with E-state index in [0.717, 1.165) is 31.8 Å². The van der Waals surface area contributed by atoms with Crippen molar-refractivity contribution in [1.29, 1.82) is 0 Å². The van der Waals surface area contributed by atoms with E-state index in [2.05, 4.69) is 20.6 Å². The molecule has 1 saturated heterocycles. The summed E-state index contributed by atoms with van der Waals surface area (Å²) in [6.45, 7) is 4.43. The number of amides is 1. The molecule has 0 aliphatic carbocycles. The van der Waals surface area contributed by atoms with E-state index in [4.69, 9.17) is 4.52 Å². The van der Waals surface area contributed by atoms with Gasteiger partial charge in [-0.05, 0) is 32.9 Å². The summed E-state index contributed by atoms with van der Waals surface area (Å²) in [6, 6.07) is 0. The fraction of sp³-hybridized carbons (Fsp3) is 0.667. The number of rotatable bonds is 5. The Labute approximate surface area is 157 Å². The normalized spacial score (nSPS) is 14.9. The molecule has 1 N–H and O–H groups in total. The minimum Gasteiger partial charge on any atom is -0.341 e. The predicted octanol–water partition coefficient (Wildman–Crippen LogP) is 0.0866. The van der Waals surface area contributed by atoms with Crippen molar-refractivity contribution in [2.75, 3.05) is 27.2 Å². The summed E-state index contributed by atoms with van der Waals surface area (Å²) >= 11 is 0. The molecule has 3 heterocycles. The lowest BCUT2D eigenvalue weighted by Gasteiger charge is -2.21. The number of carbonyl (C=O) groups excluding carboxylic acids is 1. The summed E-state index contributed by atoms with van der Waals surface area (Å²) in [5, 5.41) is 11.6. The first-order valence-electron chi connectivity index (χ1n) is 8.43. The van der Waals surface area contributed by atoms with Gasteiger partial charge in [0.15, 0.2) is 5.82 Å². The molecule has 0 saturated carbocycles. The van der Waals surface area contributed by atoms with Gasteiger partial charge in [-0.25, -0.2) is 9.48 Å². The highest BCUT2D eigenvalue weighted by molar-refractivity contribution is 5.89. The number of halogens is 1. The van der Waals surface area contributed by atoms with Crippen LogP contribution in [0.3, 0.4) is 0 Å². The highest BCUT2D eigenvalue weighted by Gasteiger charge is 2.24. The van der Waals surface area contributed by atoms with E-state index in [-0.39, 0.29) is 48.2 Å². The molecular weight excluding hydrogens is 362 g/mol. The van der Waals surface area contributed by atoms with Gasteiger partial charge in [-0.1, -0.05) is 5.16 Å². The van der Waals surface area contributed by atoms with E-state index < -0.39 is 0 Å². The fourth-order valence-electron chi connectivity index (χ4n) is 2.97. The van der Waals surface area contributed by atoms with Gasteiger partial charge in [0.2, 0.25) is 0 Å². The van der Waals surface area contributed by atoms with E-state index in [1.807, 2.05) is 6.92 Å². The first kappa shape index (κ1) is 20.1. The number of aromatic nitrogens is 5. The average molecular weight is 386 g/mol. The molecule has 144 valence electrons. The molecule has 11 heteroatoms. The Hall–Kier alpha value is -2.20. The maximum atomic E-state index is 12.6. The standard InChI is InChI=1S/C15H23N7O3.ClH/c1-4-21-12(10-5-7-16-8-6-10)18-22(15(21)24)9-11-17-13(25-19-11)14(23)20(2)3;/h10,16H,4-9H2,1-3H3;1H. The smallest absolute Gasteiger partial charge is 0.341 e. The second-order valence-corrected chi connectivity index (χ2v) is 6.28. The van der Waals surface area contributed by atoms with Crippen molar-refractivity contribution < 1.29 is 9.32 Å². The molecule has 10 nitrogen and oxygen atoms in total. The second kappa shape index (κ2) is 8.45. The lowest BCUT2D eigenvalue weighted by Crippen LogP contribution is -2.29. The van der Waals surface area contributed by atoms with E-state index >= 15 is 0 Å². The van der Waals surface area contributed by atoms with Crippen molar-refractivity contribution in [1.82, 2.24) is 34.7 Å². The molecule has 1 fully saturated rings. The highest BCUT2D eigenvalue weighted by atomic mass is 35.5. The van der Waals surface area contributed by atoms with Crippen molar-refractivity contribution in [2.45, 2.75) is 38.8 Å². The van der Waals surface area contributed by atoms with E-state index in [1.54, 1.807) is 18.7 Å². The molecule has 0 unspecified atom stereocenters. The first-order valence-corrected chi connectivity index (χ1v) is 8.43. The zero-order chi connectivity index (χ0) is 18.0. The number of carbonyl (C=O) groups is 1. The molecule has 0 radical (unpaired) electrons. The zero-order valence-corrected chi connectivity index (χ0v) is 16.0. The summed E-state index contributed by atoms with van der Waals surface area (Å²) in [6.07, 6.45) is 1.92.